The van der Waals surface area contributed by atoms with E-state index in [0.29, 0.717) is 0 Å². The number of rotatable bonds is 4. The minimum atomic E-state index is 0.285. The first-order chi connectivity index (χ1) is 13.8. The summed E-state index contributed by atoms with van der Waals surface area (Å²) >= 11 is 0. The van der Waals surface area contributed by atoms with E-state index in [0.717, 1.165) is 31.9 Å². The van der Waals surface area contributed by atoms with Gasteiger partial charge < -0.3 is 8.82 Å². The number of pyridine rings is 1. The van der Waals surface area contributed by atoms with Crippen molar-refractivity contribution < 1.29 is 4.42 Å². The summed E-state index contributed by atoms with van der Waals surface area (Å²) in [6.07, 6.45) is 7.70. The molecule has 1 atom stereocenters. The first-order valence-corrected chi connectivity index (χ1v) is 9.73. The van der Waals surface area contributed by atoms with Gasteiger partial charge >= 0.3 is 0 Å². The van der Waals surface area contributed by atoms with Crippen LogP contribution in [0.15, 0.2) is 78.0 Å². The monoisotopic (exact) mass is 372 g/mol. The van der Waals surface area contributed by atoms with E-state index in [1.54, 1.807) is 6.26 Å². The van der Waals surface area contributed by atoms with Crippen molar-refractivity contribution in [1.29, 1.82) is 0 Å². The Morgan fingerprint density at radius 3 is 2.75 bits per heavy atom. The zero-order chi connectivity index (χ0) is 18.9. The average molecular weight is 372 g/mol. The van der Waals surface area contributed by atoms with Crippen LogP contribution in [-0.4, -0.2) is 45.9 Å². The maximum Gasteiger partial charge on any atom is 0.0996 e. The van der Waals surface area contributed by atoms with E-state index in [4.69, 9.17) is 9.40 Å². The predicted octanol–water partition coefficient (Wildman–Crippen LogP) is 4.08. The van der Waals surface area contributed by atoms with Gasteiger partial charge in [-0.25, -0.2) is 4.98 Å². The highest BCUT2D eigenvalue weighted by molar-refractivity contribution is 5.66. The second kappa shape index (κ2) is 7.26. The third-order valence-corrected chi connectivity index (χ3v) is 5.70. The molecule has 142 valence electrons. The largest absolute Gasteiger partial charge is 0.472 e. The van der Waals surface area contributed by atoms with E-state index < -0.39 is 0 Å². The molecule has 4 aromatic rings. The van der Waals surface area contributed by atoms with Crippen LogP contribution in [0.2, 0.25) is 0 Å². The Labute approximate surface area is 164 Å². The van der Waals surface area contributed by atoms with Gasteiger partial charge in [-0.2, -0.15) is 0 Å². The number of hydrogen-bond donors (Lipinski definition) is 0. The minimum Gasteiger partial charge on any atom is -0.472 e. The first-order valence-electron chi connectivity index (χ1n) is 9.73. The third-order valence-electron chi connectivity index (χ3n) is 5.70. The summed E-state index contributed by atoms with van der Waals surface area (Å²) < 4.78 is 7.38. The zero-order valence-electron chi connectivity index (χ0n) is 16.0. The molecule has 0 saturated carbocycles. The second-order valence-corrected chi connectivity index (χ2v) is 7.57. The van der Waals surface area contributed by atoms with Gasteiger partial charge in [0.1, 0.15) is 0 Å². The molecule has 0 bridgehead atoms. The molecular formula is C23H24N4O. The lowest BCUT2D eigenvalue weighted by molar-refractivity contribution is 0.0891. The van der Waals surface area contributed by atoms with E-state index in [9.17, 15) is 0 Å². The van der Waals surface area contributed by atoms with Crippen LogP contribution in [0.5, 0.6) is 0 Å². The predicted molar refractivity (Wildman–Crippen MR) is 110 cm³/mol. The number of imidazole rings is 1. The van der Waals surface area contributed by atoms with Crippen LogP contribution in [0.3, 0.4) is 0 Å². The molecule has 1 saturated heterocycles. The number of fused-ring (bicyclic) bond motifs is 1. The Hall–Kier alpha value is -2.89. The lowest BCUT2D eigenvalue weighted by Gasteiger charge is -2.38. The fourth-order valence-corrected chi connectivity index (χ4v) is 4.09. The van der Waals surface area contributed by atoms with Gasteiger partial charge in [-0.1, -0.05) is 36.4 Å². The summed E-state index contributed by atoms with van der Waals surface area (Å²) in [5, 5.41) is 0. The number of hydrogen-bond acceptors (Lipinski definition) is 4. The molecule has 1 unspecified atom stereocenters. The van der Waals surface area contributed by atoms with Gasteiger partial charge in [0.05, 0.1) is 36.1 Å². The van der Waals surface area contributed by atoms with E-state index >= 15 is 0 Å². The lowest BCUT2D eigenvalue weighted by Crippen LogP contribution is -2.46. The Morgan fingerprint density at radius 1 is 1.04 bits per heavy atom. The molecule has 0 spiro atoms. The van der Waals surface area contributed by atoms with E-state index in [-0.39, 0.29) is 6.04 Å². The molecule has 0 amide bonds. The molecule has 3 aromatic heterocycles. The summed E-state index contributed by atoms with van der Waals surface area (Å²) in [4.78, 5) is 9.71. The van der Waals surface area contributed by atoms with Crippen molar-refractivity contribution in [3.63, 3.8) is 0 Å². The van der Waals surface area contributed by atoms with Crippen molar-refractivity contribution in [1.82, 2.24) is 19.2 Å². The van der Waals surface area contributed by atoms with Gasteiger partial charge in [-0.15, -0.1) is 0 Å². The molecule has 5 rings (SSSR count). The minimum absolute atomic E-state index is 0.285. The fraction of sp³-hybridized carbons (Fsp3) is 0.261. The van der Waals surface area contributed by atoms with Crippen LogP contribution in [0, 0.1) is 0 Å². The molecule has 1 aliphatic rings. The summed E-state index contributed by atoms with van der Waals surface area (Å²) in [5.41, 5.74) is 5.99. The highest BCUT2D eigenvalue weighted by Crippen LogP contribution is 2.29. The van der Waals surface area contributed by atoms with E-state index in [1.165, 1.54) is 22.2 Å². The Morgan fingerprint density at radius 2 is 1.93 bits per heavy atom. The van der Waals surface area contributed by atoms with Gasteiger partial charge in [0, 0.05) is 37.9 Å². The number of aromatic nitrogens is 2. The fourth-order valence-electron chi connectivity index (χ4n) is 4.09. The Balaban J connectivity index is 1.43. The van der Waals surface area contributed by atoms with Gasteiger partial charge in [0.2, 0.25) is 0 Å². The van der Waals surface area contributed by atoms with Crippen LogP contribution in [0.1, 0.15) is 17.3 Å². The van der Waals surface area contributed by atoms with Crippen LogP contribution in [-0.2, 0) is 6.54 Å². The number of piperazine rings is 1. The quantitative estimate of drug-likeness (QED) is 0.541. The lowest BCUT2D eigenvalue weighted by atomic mass is 10.1. The Kier molecular flexibility index (Phi) is 4.47. The van der Waals surface area contributed by atoms with Gasteiger partial charge in [0.25, 0.3) is 0 Å². The summed E-state index contributed by atoms with van der Waals surface area (Å²) in [7, 11) is 2.20. The molecule has 1 fully saturated rings. The van der Waals surface area contributed by atoms with Crippen molar-refractivity contribution in [2.75, 3.05) is 26.7 Å². The normalized spacial score (nSPS) is 18.7. The molecular weight excluding hydrogens is 348 g/mol. The topological polar surface area (TPSA) is 36.9 Å². The standard InChI is InChI=1S/C23H24N4O/c1-25-10-11-26(13-18-9-12-28-16-18)15-22(25)23-21-8-7-20(14-27(21)17-24-23)19-5-3-2-4-6-19/h2-9,12,14,16-17,22H,10-11,13,15H2,1H3. The molecule has 1 aliphatic heterocycles. The van der Waals surface area contributed by atoms with Crippen LogP contribution in [0.25, 0.3) is 16.6 Å². The Bertz CT molecular complexity index is 1050. The molecule has 0 radical (unpaired) electrons. The van der Waals surface area contributed by atoms with E-state index in [2.05, 4.69) is 63.8 Å². The van der Waals surface area contributed by atoms with Crippen molar-refractivity contribution in [3.8, 4) is 11.1 Å². The average Bonchev–Trinajstić information content (AvgIpc) is 3.39. The summed E-state index contributed by atoms with van der Waals surface area (Å²) in [6, 6.07) is 17.2. The van der Waals surface area contributed by atoms with Gasteiger partial charge in [-0.3, -0.25) is 9.80 Å². The number of nitrogens with zero attached hydrogens (tertiary/aromatic N) is 4. The van der Waals surface area contributed by atoms with E-state index in [1.807, 2.05) is 24.7 Å². The smallest absolute Gasteiger partial charge is 0.0996 e. The van der Waals surface area contributed by atoms with Gasteiger partial charge in [-0.05, 0) is 30.3 Å². The maximum atomic E-state index is 5.23. The maximum absolute atomic E-state index is 5.23. The molecule has 5 heteroatoms. The van der Waals surface area contributed by atoms with Crippen molar-refractivity contribution in [2.45, 2.75) is 12.6 Å². The van der Waals surface area contributed by atoms with Gasteiger partial charge in [0.15, 0.2) is 0 Å². The zero-order valence-corrected chi connectivity index (χ0v) is 16.0. The molecule has 28 heavy (non-hydrogen) atoms. The summed E-state index contributed by atoms with van der Waals surface area (Å²) in [5.74, 6) is 0. The van der Waals surface area contributed by atoms with Crippen LogP contribution >= 0.6 is 0 Å². The molecule has 1 aromatic carbocycles. The molecule has 4 heterocycles. The second-order valence-electron chi connectivity index (χ2n) is 7.57. The van der Waals surface area contributed by atoms with Crippen molar-refractivity contribution in [3.05, 3.63) is 84.8 Å². The first kappa shape index (κ1) is 17.2. The SMILES string of the molecule is CN1CCN(Cc2ccoc2)CC1c1ncn2cc(-c3ccccc3)ccc12. The molecule has 0 aliphatic carbocycles. The summed E-state index contributed by atoms with van der Waals surface area (Å²) in [6.45, 7) is 3.98. The highest BCUT2D eigenvalue weighted by Gasteiger charge is 2.28. The highest BCUT2D eigenvalue weighted by atomic mass is 16.3. The number of likely N-dealkylation sites (N-methyl/N-ethyl adjacent to an activating group) is 1. The number of furan rings is 1. The number of benzene rings is 1. The van der Waals surface area contributed by atoms with Crippen LogP contribution in [0.4, 0.5) is 0 Å². The third kappa shape index (κ3) is 3.23. The van der Waals surface area contributed by atoms with Crippen molar-refractivity contribution >= 4 is 5.52 Å². The van der Waals surface area contributed by atoms with Crippen LogP contribution < -0.4 is 0 Å². The molecule has 5 nitrogen and oxygen atoms in total. The van der Waals surface area contributed by atoms with Crippen molar-refractivity contribution in [2.24, 2.45) is 0 Å². The molecule has 0 N–H and O–H groups in total.